The predicted molar refractivity (Wildman–Crippen MR) is 106 cm³/mol. The van der Waals surface area contributed by atoms with Gasteiger partial charge in [0.2, 0.25) is 0 Å². The second-order valence-corrected chi connectivity index (χ2v) is 6.79. The molecule has 0 aliphatic rings. The van der Waals surface area contributed by atoms with Crippen molar-refractivity contribution in [2.45, 2.75) is 39.5 Å². The minimum absolute atomic E-state index is 0.0248. The average molecular weight is 404 g/mol. The molecule has 0 aliphatic carbocycles. The standard InChI is InChI=1S/C10H12N2O4.C9H12N2O2/c1-4(2)6-3-5(9(13)14)7(10(15)16)8(11)12-6;1-5(2)7-3-6(9(12)13)4-8(10)11-7/h3-4H,1-2H3,(H2,11,12)(H,13,14)(H,15,16);3-5H,1-2H3,(H2,10,11)(H,12,13). The van der Waals surface area contributed by atoms with Gasteiger partial charge in [0.25, 0.3) is 0 Å². The summed E-state index contributed by atoms with van der Waals surface area (Å²) in [7, 11) is 0. The van der Waals surface area contributed by atoms with E-state index in [0.717, 1.165) is 0 Å². The van der Waals surface area contributed by atoms with Crippen LogP contribution in [0.1, 0.15) is 82.0 Å². The summed E-state index contributed by atoms with van der Waals surface area (Å²) >= 11 is 0. The van der Waals surface area contributed by atoms with Crippen LogP contribution in [0.3, 0.4) is 0 Å². The number of carbonyl (C=O) groups is 3. The first-order valence-electron chi connectivity index (χ1n) is 8.62. The fraction of sp³-hybridized carbons (Fsp3) is 0.316. The Labute approximate surface area is 167 Å². The van der Waals surface area contributed by atoms with Crippen molar-refractivity contribution in [3.8, 4) is 0 Å². The number of anilines is 2. The van der Waals surface area contributed by atoms with Crippen molar-refractivity contribution < 1.29 is 29.7 Å². The average Bonchev–Trinajstić information content (AvgIpc) is 2.60. The Balaban J connectivity index is 0.000000296. The number of hydrogen-bond donors (Lipinski definition) is 5. The van der Waals surface area contributed by atoms with Crippen LogP contribution in [0.5, 0.6) is 0 Å². The van der Waals surface area contributed by atoms with Crippen LogP contribution in [-0.4, -0.2) is 43.2 Å². The molecule has 2 heterocycles. The van der Waals surface area contributed by atoms with E-state index in [-0.39, 0.29) is 34.6 Å². The lowest BCUT2D eigenvalue weighted by Crippen LogP contribution is -2.14. The van der Waals surface area contributed by atoms with E-state index >= 15 is 0 Å². The maximum absolute atomic E-state index is 10.9. The van der Waals surface area contributed by atoms with E-state index in [4.69, 9.17) is 26.8 Å². The number of rotatable bonds is 5. The van der Waals surface area contributed by atoms with Gasteiger partial charge in [-0.25, -0.2) is 24.4 Å². The predicted octanol–water partition coefficient (Wildman–Crippen LogP) is 2.67. The van der Waals surface area contributed by atoms with Crippen LogP contribution >= 0.6 is 0 Å². The highest BCUT2D eigenvalue weighted by Crippen LogP contribution is 2.21. The SMILES string of the molecule is CC(C)c1cc(C(=O)O)c(C(=O)O)c(N)n1.CC(C)c1cc(C(=O)O)cc(N)n1. The first-order chi connectivity index (χ1) is 13.3. The zero-order chi connectivity index (χ0) is 22.5. The molecule has 2 rings (SSSR count). The molecule has 0 aliphatic heterocycles. The summed E-state index contributed by atoms with van der Waals surface area (Å²) in [6, 6.07) is 4.14. The van der Waals surface area contributed by atoms with Gasteiger partial charge in [-0.05, 0) is 30.0 Å². The van der Waals surface area contributed by atoms with Crippen molar-refractivity contribution >= 4 is 29.5 Å². The van der Waals surface area contributed by atoms with E-state index in [2.05, 4.69) is 9.97 Å². The lowest BCUT2D eigenvalue weighted by molar-refractivity contribution is 0.0651. The second-order valence-electron chi connectivity index (χ2n) is 6.79. The Bertz CT molecular complexity index is 941. The van der Waals surface area contributed by atoms with Crippen molar-refractivity contribution in [1.82, 2.24) is 9.97 Å². The summed E-state index contributed by atoms with van der Waals surface area (Å²) in [5.74, 6) is -3.55. The maximum atomic E-state index is 10.9. The summed E-state index contributed by atoms with van der Waals surface area (Å²) in [5, 5.41) is 26.5. The number of nitrogen functional groups attached to an aromatic ring is 2. The summed E-state index contributed by atoms with van der Waals surface area (Å²) < 4.78 is 0. The number of nitrogens with zero attached hydrogens (tertiary/aromatic N) is 2. The third-order valence-corrected chi connectivity index (χ3v) is 3.81. The van der Waals surface area contributed by atoms with E-state index in [1.54, 1.807) is 6.07 Å². The van der Waals surface area contributed by atoms with Crippen molar-refractivity contribution in [1.29, 1.82) is 0 Å². The van der Waals surface area contributed by atoms with Crippen molar-refractivity contribution in [3.63, 3.8) is 0 Å². The number of hydrogen-bond acceptors (Lipinski definition) is 7. The summed E-state index contributed by atoms with van der Waals surface area (Å²) in [6.45, 7) is 7.50. The van der Waals surface area contributed by atoms with Crippen LogP contribution in [0.4, 0.5) is 11.6 Å². The molecule has 10 nitrogen and oxygen atoms in total. The zero-order valence-corrected chi connectivity index (χ0v) is 16.5. The fourth-order valence-electron chi connectivity index (χ4n) is 2.27. The topological polar surface area (TPSA) is 190 Å². The highest BCUT2D eigenvalue weighted by atomic mass is 16.4. The molecule has 0 unspecified atom stereocenters. The molecule has 29 heavy (non-hydrogen) atoms. The van der Waals surface area contributed by atoms with Crippen LogP contribution in [0.25, 0.3) is 0 Å². The Morgan fingerprint density at radius 3 is 1.72 bits per heavy atom. The highest BCUT2D eigenvalue weighted by Gasteiger charge is 2.22. The lowest BCUT2D eigenvalue weighted by atomic mass is 10.0. The summed E-state index contributed by atoms with van der Waals surface area (Å²) in [4.78, 5) is 40.3. The first kappa shape index (κ1) is 23.3. The Hall–Kier alpha value is -3.69. The molecular weight excluding hydrogens is 380 g/mol. The number of nitrogens with two attached hydrogens (primary N) is 2. The molecule has 0 saturated carbocycles. The van der Waals surface area contributed by atoms with E-state index < -0.39 is 23.5 Å². The van der Waals surface area contributed by atoms with Crippen LogP contribution < -0.4 is 11.5 Å². The molecule has 0 aromatic carbocycles. The molecule has 10 heteroatoms. The number of carboxylic acids is 3. The smallest absolute Gasteiger partial charge is 0.340 e. The lowest BCUT2D eigenvalue weighted by Gasteiger charge is -2.10. The molecule has 0 atom stereocenters. The zero-order valence-electron chi connectivity index (χ0n) is 16.5. The molecule has 0 saturated heterocycles. The van der Waals surface area contributed by atoms with Gasteiger partial charge >= 0.3 is 17.9 Å². The van der Waals surface area contributed by atoms with Gasteiger partial charge < -0.3 is 26.8 Å². The van der Waals surface area contributed by atoms with E-state index in [1.165, 1.54) is 12.1 Å². The molecule has 0 amide bonds. The van der Waals surface area contributed by atoms with Crippen LogP contribution in [-0.2, 0) is 0 Å². The molecule has 2 aromatic heterocycles. The van der Waals surface area contributed by atoms with E-state index in [0.29, 0.717) is 11.4 Å². The van der Waals surface area contributed by atoms with Gasteiger partial charge in [0.1, 0.15) is 17.2 Å². The van der Waals surface area contributed by atoms with Gasteiger partial charge in [0.05, 0.1) is 11.1 Å². The third kappa shape index (κ3) is 6.16. The monoisotopic (exact) mass is 404 g/mol. The molecule has 7 N–H and O–H groups in total. The first-order valence-corrected chi connectivity index (χ1v) is 8.62. The van der Waals surface area contributed by atoms with Gasteiger partial charge in [-0.1, -0.05) is 27.7 Å². The van der Waals surface area contributed by atoms with Gasteiger partial charge in [-0.15, -0.1) is 0 Å². The second kappa shape index (κ2) is 9.49. The minimum atomic E-state index is -1.39. The van der Waals surface area contributed by atoms with Crippen molar-refractivity contribution in [2.75, 3.05) is 11.5 Å². The number of aromatic carboxylic acids is 3. The third-order valence-electron chi connectivity index (χ3n) is 3.81. The van der Waals surface area contributed by atoms with Crippen LogP contribution in [0.15, 0.2) is 18.2 Å². The van der Waals surface area contributed by atoms with Crippen LogP contribution in [0, 0.1) is 0 Å². The fourth-order valence-corrected chi connectivity index (χ4v) is 2.27. The Kier molecular flexibility index (Phi) is 7.64. The summed E-state index contributed by atoms with van der Waals surface area (Å²) in [5.41, 5.74) is 11.5. The van der Waals surface area contributed by atoms with Crippen molar-refractivity contribution in [3.05, 3.63) is 46.3 Å². The normalized spacial score (nSPS) is 10.4. The van der Waals surface area contributed by atoms with Gasteiger partial charge in [0, 0.05) is 11.4 Å². The molecule has 0 bridgehead atoms. The summed E-state index contributed by atoms with van der Waals surface area (Å²) in [6.07, 6.45) is 0. The molecule has 0 spiro atoms. The van der Waals surface area contributed by atoms with Crippen LogP contribution in [0.2, 0.25) is 0 Å². The van der Waals surface area contributed by atoms with Crippen molar-refractivity contribution in [2.24, 2.45) is 0 Å². The van der Waals surface area contributed by atoms with E-state index in [1.807, 2.05) is 27.7 Å². The Morgan fingerprint density at radius 2 is 1.31 bits per heavy atom. The molecule has 2 aromatic rings. The minimum Gasteiger partial charge on any atom is -0.478 e. The molecule has 156 valence electrons. The van der Waals surface area contributed by atoms with Gasteiger partial charge in [-0.3, -0.25) is 0 Å². The number of pyridine rings is 2. The molecular formula is C19H24N4O6. The molecule has 0 fully saturated rings. The largest absolute Gasteiger partial charge is 0.478 e. The Morgan fingerprint density at radius 1 is 0.793 bits per heavy atom. The highest BCUT2D eigenvalue weighted by molar-refractivity contribution is 6.04. The van der Waals surface area contributed by atoms with Gasteiger partial charge in [-0.2, -0.15) is 0 Å². The molecule has 0 radical (unpaired) electrons. The van der Waals surface area contributed by atoms with Gasteiger partial charge in [0.15, 0.2) is 0 Å². The maximum Gasteiger partial charge on any atom is 0.340 e. The quantitative estimate of drug-likeness (QED) is 0.495. The number of aromatic nitrogens is 2. The van der Waals surface area contributed by atoms with E-state index in [9.17, 15) is 14.4 Å². The number of carboxylic acid groups (broad SMARTS) is 3.